The van der Waals surface area contributed by atoms with Crippen LogP contribution in [0.3, 0.4) is 0 Å². The van der Waals surface area contributed by atoms with Gasteiger partial charge in [-0.05, 0) is 20.8 Å². The third kappa shape index (κ3) is 3.64. The number of rotatable bonds is 5. The van der Waals surface area contributed by atoms with Crippen LogP contribution >= 0.6 is 0 Å². The second kappa shape index (κ2) is 7.38. The van der Waals surface area contributed by atoms with Crippen LogP contribution in [0, 0.1) is 6.92 Å². The van der Waals surface area contributed by atoms with E-state index in [0.29, 0.717) is 0 Å². The zero-order valence-electron chi connectivity index (χ0n) is 12.9. The maximum absolute atomic E-state index is 12.0. The zero-order chi connectivity index (χ0) is 16.1. The van der Waals surface area contributed by atoms with E-state index in [0.717, 1.165) is 11.1 Å². The second-order valence-corrected chi connectivity index (χ2v) is 4.86. The lowest BCUT2D eigenvalue weighted by Gasteiger charge is -2.13. The Kier molecular flexibility index (Phi) is 5.51. The minimum atomic E-state index is -1.12. The maximum atomic E-state index is 12.0. The summed E-state index contributed by atoms with van der Waals surface area (Å²) < 4.78 is 21.0. The van der Waals surface area contributed by atoms with Gasteiger partial charge in [0.25, 0.3) is 0 Å². The third-order valence-corrected chi connectivity index (χ3v) is 3.20. The van der Waals surface area contributed by atoms with E-state index in [2.05, 4.69) is 0 Å². The van der Waals surface area contributed by atoms with Crippen LogP contribution in [0.2, 0.25) is 0 Å². The molecule has 0 N–H and O–H groups in total. The predicted molar refractivity (Wildman–Crippen MR) is 76.9 cm³/mol. The van der Waals surface area contributed by atoms with Gasteiger partial charge in [-0.3, -0.25) is 0 Å². The monoisotopic (exact) mass is 308 g/mol. The lowest BCUT2D eigenvalue weighted by Crippen LogP contribution is -2.39. The van der Waals surface area contributed by atoms with Crippen molar-refractivity contribution in [3.8, 4) is 0 Å². The number of carbonyl (C=O) groups excluding carboxylic acids is 2. The molecule has 6 heteroatoms. The molecule has 0 radical (unpaired) electrons. The Morgan fingerprint density at radius 1 is 0.955 bits per heavy atom. The Hall–Kier alpha value is -1.92. The van der Waals surface area contributed by atoms with E-state index in [1.807, 2.05) is 31.2 Å². The summed E-state index contributed by atoms with van der Waals surface area (Å²) in [5.41, 5.74) is 1.82. The molecule has 120 valence electrons. The average Bonchev–Trinajstić information content (AvgIpc) is 2.94. The first-order chi connectivity index (χ1) is 10.6. The first-order valence-corrected chi connectivity index (χ1v) is 7.27. The van der Waals surface area contributed by atoms with Crippen molar-refractivity contribution >= 4 is 11.9 Å². The Morgan fingerprint density at radius 3 is 1.82 bits per heavy atom. The van der Waals surface area contributed by atoms with Crippen molar-refractivity contribution in [1.29, 1.82) is 0 Å². The third-order valence-electron chi connectivity index (χ3n) is 3.20. The van der Waals surface area contributed by atoms with E-state index in [9.17, 15) is 9.59 Å². The highest BCUT2D eigenvalue weighted by molar-refractivity contribution is 5.86. The van der Waals surface area contributed by atoms with Crippen molar-refractivity contribution in [2.75, 3.05) is 13.2 Å². The van der Waals surface area contributed by atoms with Crippen LogP contribution < -0.4 is 0 Å². The lowest BCUT2D eigenvalue weighted by molar-refractivity contribution is -0.163. The largest absolute Gasteiger partial charge is 0.464 e. The van der Waals surface area contributed by atoms with E-state index >= 15 is 0 Å². The van der Waals surface area contributed by atoms with Crippen molar-refractivity contribution in [2.45, 2.75) is 39.3 Å². The minimum absolute atomic E-state index is 0.198. The number of benzene rings is 1. The summed E-state index contributed by atoms with van der Waals surface area (Å²) in [6, 6.07) is 7.46. The number of hydrogen-bond donors (Lipinski definition) is 0. The van der Waals surface area contributed by atoms with Crippen LogP contribution in [0.1, 0.15) is 31.3 Å². The van der Waals surface area contributed by atoms with Gasteiger partial charge in [0.1, 0.15) is 0 Å². The molecule has 0 saturated carbocycles. The highest BCUT2D eigenvalue weighted by atomic mass is 16.8. The predicted octanol–water partition coefficient (Wildman–Crippen LogP) is 1.90. The molecule has 1 aliphatic rings. The van der Waals surface area contributed by atoms with Gasteiger partial charge in [0.05, 0.1) is 13.2 Å². The van der Waals surface area contributed by atoms with E-state index in [1.165, 1.54) is 0 Å². The van der Waals surface area contributed by atoms with Gasteiger partial charge < -0.3 is 18.9 Å². The minimum Gasteiger partial charge on any atom is -0.464 e. The summed E-state index contributed by atoms with van der Waals surface area (Å²) in [6.45, 7) is 5.73. The standard InChI is InChI=1S/C16H20O6/c1-4-19-14(17)12-13(15(18)20-5-2)22-16(21-12)11-8-6-10(3)7-9-11/h6-9,12-13,16H,4-5H2,1-3H3/t12-,13?,16?/m1/s1. The van der Waals surface area contributed by atoms with Gasteiger partial charge in [0, 0.05) is 5.56 Å². The molecule has 0 aliphatic carbocycles. The molecular weight excluding hydrogens is 288 g/mol. The fourth-order valence-electron chi connectivity index (χ4n) is 2.13. The van der Waals surface area contributed by atoms with Gasteiger partial charge in [-0.2, -0.15) is 0 Å². The molecule has 1 fully saturated rings. The van der Waals surface area contributed by atoms with Crippen LogP contribution in [0.25, 0.3) is 0 Å². The smallest absolute Gasteiger partial charge is 0.338 e. The van der Waals surface area contributed by atoms with Crippen molar-refractivity contribution in [3.63, 3.8) is 0 Å². The number of esters is 2. The molecule has 0 aromatic heterocycles. The van der Waals surface area contributed by atoms with Gasteiger partial charge in [0.2, 0.25) is 0 Å². The van der Waals surface area contributed by atoms with Crippen LogP contribution in [-0.4, -0.2) is 37.4 Å². The van der Waals surface area contributed by atoms with Crippen molar-refractivity contribution in [2.24, 2.45) is 0 Å². The summed E-state index contributed by atoms with van der Waals surface area (Å²) in [4.78, 5) is 23.9. The fraction of sp³-hybridized carbons (Fsp3) is 0.500. The lowest BCUT2D eigenvalue weighted by atomic mass is 10.1. The molecule has 0 bridgehead atoms. The summed E-state index contributed by atoms with van der Waals surface area (Å²) in [5.74, 6) is -1.26. The molecule has 1 saturated heterocycles. The van der Waals surface area contributed by atoms with E-state index < -0.39 is 30.4 Å². The van der Waals surface area contributed by atoms with Crippen molar-refractivity contribution < 1.29 is 28.5 Å². The molecule has 1 aromatic rings. The SMILES string of the molecule is CCOC(=O)C1OC(c2ccc(C)cc2)O[C@H]1C(=O)OCC. The molecule has 3 atom stereocenters. The molecule has 0 spiro atoms. The van der Waals surface area contributed by atoms with Gasteiger partial charge in [-0.25, -0.2) is 9.59 Å². The molecular formula is C16H20O6. The number of hydrogen-bond acceptors (Lipinski definition) is 6. The zero-order valence-corrected chi connectivity index (χ0v) is 12.9. The molecule has 1 heterocycles. The van der Waals surface area contributed by atoms with Crippen LogP contribution in [0.15, 0.2) is 24.3 Å². The topological polar surface area (TPSA) is 71.1 Å². The fourth-order valence-corrected chi connectivity index (χ4v) is 2.13. The Balaban J connectivity index is 2.17. The van der Waals surface area contributed by atoms with Gasteiger partial charge >= 0.3 is 11.9 Å². The Morgan fingerprint density at radius 2 is 1.41 bits per heavy atom. The van der Waals surface area contributed by atoms with E-state index in [1.54, 1.807) is 13.8 Å². The summed E-state index contributed by atoms with van der Waals surface area (Å²) in [6.07, 6.45) is -3.04. The summed E-state index contributed by atoms with van der Waals surface area (Å²) >= 11 is 0. The van der Waals surface area contributed by atoms with Crippen LogP contribution in [0.4, 0.5) is 0 Å². The highest BCUT2D eigenvalue weighted by Gasteiger charge is 2.47. The van der Waals surface area contributed by atoms with Crippen LogP contribution in [-0.2, 0) is 28.5 Å². The summed E-state index contributed by atoms with van der Waals surface area (Å²) in [7, 11) is 0. The van der Waals surface area contributed by atoms with Gasteiger partial charge in [0.15, 0.2) is 18.5 Å². The van der Waals surface area contributed by atoms with E-state index in [-0.39, 0.29) is 13.2 Å². The molecule has 6 nitrogen and oxygen atoms in total. The molecule has 0 amide bonds. The molecule has 2 unspecified atom stereocenters. The first kappa shape index (κ1) is 16.5. The maximum Gasteiger partial charge on any atom is 0.338 e. The number of aryl methyl sites for hydroxylation is 1. The molecule has 1 aliphatic heterocycles. The highest BCUT2D eigenvalue weighted by Crippen LogP contribution is 2.32. The normalized spacial score (nSPS) is 24.0. The molecule has 2 rings (SSSR count). The summed E-state index contributed by atoms with van der Waals surface area (Å²) in [5, 5.41) is 0. The number of carbonyl (C=O) groups is 2. The molecule has 22 heavy (non-hydrogen) atoms. The Labute approximate surface area is 129 Å². The van der Waals surface area contributed by atoms with Crippen LogP contribution in [0.5, 0.6) is 0 Å². The Bertz CT molecular complexity index is 498. The van der Waals surface area contributed by atoms with Crippen molar-refractivity contribution in [3.05, 3.63) is 35.4 Å². The first-order valence-electron chi connectivity index (χ1n) is 7.27. The molecule has 1 aromatic carbocycles. The average molecular weight is 308 g/mol. The second-order valence-electron chi connectivity index (χ2n) is 4.86. The quantitative estimate of drug-likeness (QED) is 0.774. The van der Waals surface area contributed by atoms with E-state index in [4.69, 9.17) is 18.9 Å². The number of ether oxygens (including phenoxy) is 4. The van der Waals surface area contributed by atoms with Gasteiger partial charge in [-0.15, -0.1) is 0 Å². The van der Waals surface area contributed by atoms with Crippen molar-refractivity contribution in [1.82, 2.24) is 0 Å². The van der Waals surface area contributed by atoms with Gasteiger partial charge in [-0.1, -0.05) is 29.8 Å².